The van der Waals surface area contributed by atoms with Gasteiger partial charge >= 0.3 is 0 Å². The molecule has 1 aromatic heterocycles. The van der Waals surface area contributed by atoms with E-state index < -0.39 is 0 Å². The summed E-state index contributed by atoms with van der Waals surface area (Å²) in [4.78, 5) is 30.6. The Balaban J connectivity index is 1.97. The molecule has 0 atom stereocenters. The first-order chi connectivity index (χ1) is 11.2. The van der Waals surface area contributed by atoms with E-state index in [2.05, 4.69) is 10.3 Å². The number of carbonyl (C=O) groups is 2. The molecule has 6 heteroatoms. The number of likely N-dealkylation sites (tertiary alicyclic amines) is 1. The van der Waals surface area contributed by atoms with Crippen molar-refractivity contribution < 1.29 is 14.3 Å². The summed E-state index contributed by atoms with van der Waals surface area (Å²) in [6.07, 6.45) is 6.68. The minimum Gasteiger partial charge on any atom is -0.385 e. The Bertz CT molecular complexity index is 526. The topological polar surface area (TPSA) is 71.5 Å². The van der Waals surface area contributed by atoms with Gasteiger partial charge in [-0.05, 0) is 31.4 Å². The second-order valence-corrected chi connectivity index (χ2v) is 5.74. The molecule has 0 radical (unpaired) electrons. The van der Waals surface area contributed by atoms with Crippen molar-refractivity contribution in [3.05, 3.63) is 29.6 Å². The summed E-state index contributed by atoms with van der Waals surface area (Å²) >= 11 is 0. The number of methoxy groups -OCH3 is 1. The van der Waals surface area contributed by atoms with Gasteiger partial charge in [-0.2, -0.15) is 0 Å². The summed E-state index contributed by atoms with van der Waals surface area (Å²) in [5.41, 5.74) is 0.812. The molecule has 1 aromatic rings. The van der Waals surface area contributed by atoms with Gasteiger partial charge in [-0.15, -0.1) is 0 Å². The third-order valence-electron chi connectivity index (χ3n) is 3.95. The number of hydrogen-bond acceptors (Lipinski definition) is 4. The summed E-state index contributed by atoms with van der Waals surface area (Å²) in [6.45, 7) is 2.70. The maximum Gasteiger partial charge on any atom is 0.272 e. The van der Waals surface area contributed by atoms with Crippen LogP contribution >= 0.6 is 0 Å². The highest BCUT2D eigenvalue weighted by Gasteiger charge is 2.19. The van der Waals surface area contributed by atoms with Crippen LogP contribution in [0.25, 0.3) is 0 Å². The molecule has 0 spiro atoms. The van der Waals surface area contributed by atoms with Crippen LogP contribution in [-0.2, 0) is 4.74 Å². The van der Waals surface area contributed by atoms with Crippen molar-refractivity contribution >= 4 is 11.8 Å². The van der Waals surface area contributed by atoms with Gasteiger partial charge in [0.15, 0.2) is 0 Å². The molecule has 0 unspecified atom stereocenters. The van der Waals surface area contributed by atoms with E-state index in [1.165, 1.54) is 19.0 Å². The number of hydrogen-bond donors (Lipinski definition) is 1. The normalized spacial score (nSPS) is 15.1. The van der Waals surface area contributed by atoms with Gasteiger partial charge in [0, 0.05) is 45.1 Å². The predicted octanol–water partition coefficient (Wildman–Crippen LogP) is 1.86. The minimum atomic E-state index is -0.187. The second kappa shape index (κ2) is 9.25. The first-order valence-electron chi connectivity index (χ1n) is 8.25. The number of nitrogens with one attached hydrogen (secondary N) is 1. The molecule has 2 rings (SSSR count). The SMILES string of the molecule is COCCCNC(=O)c1ccnc(C(=O)N2CCCCCC2)c1. The number of rotatable bonds is 6. The predicted molar refractivity (Wildman–Crippen MR) is 87.4 cm³/mol. The van der Waals surface area contributed by atoms with Gasteiger partial charge in [0.2, 0.25) is 0 Å². The van der Waals surface area contributed by atoms with Crippen LogP contribution in [0.2, 0.25) is 0 Å². The summed E-state index contributed by atoms with van der Waals surface area (Å²) in [5, 5.41) is 2.82. The molecule has 1 N–H and O–H groups in total. The molecule has 0 bridgehead atoms. The molecule has 1 aliphatic rings. The zero-order chi connectivity index (χ0) is 16.5. The molecule has 23 heavy (non-hydrogen) atoms. The van der Waals surface area contributed by atoms with Crippen LogP contribution < -0.4 is 5.32 Å². The van der Waals surface area contributed by atoms with Crippen molar-refractivity contribution in [3.8, 4) is 0 Å². The molecule has 1 fully saturated rings. The van der Waals surface area contributed by atoms with E-state index in [1.54, 1.807) is 19.2 Å². The van der Waals surface area contributed by atoms with Crippen LogP contribution in [0.15, 0.2) is 18.3 Å². The van der Waals surface area contributed by atoms with Gasteiger partial charge in [0.1, 0.15) is 5.69 Å². The van der Waals surface area contributed by atoms with E-state index in [0.717, 1.165) is 32.4 Å². The van der Waals surface area contributed by atoms with Crippen molar-refractivity contribution in [1.29, 1.82) is 0 Å². The van der Waals surface area contributed by atoms with Crippen molar-refractivity contribution in [1.82, 2.24) is 15.2 Å². The first-order valence-corrected chi connectivity index (χ1v) is 8.25. The quantitative estimate of drug-likeness (QED) is 0.813. The Hall–Kier alpha value is -1.95. The van der Waals surface area contributed by atoms with E-state index in [9.17, 15) is 9.59 Å². The van der Waals surface area contributed by atoms with E-state index in [0.29, 0.717) is 24.4 Å². The lowest BCUT2D eigenvalue weighted by Crippen LogP contribution is -2.33. The molecule has 2 amide bonds. The minimum absolute atomic E-state index is 0.0825. The molecule has 0 saturated carbocycles. The van der Waals surface area contributed by atoms with Crippen LogP contribution in [0.3, 0.4) is 0 Å². The standard InChI is InChI=1S/C17H25N3O3/c1-23-12-6-8-19-16(21)14-7-9-18-15(13-14)17(22)20-10-4-2-3-5-11-20/h7,9,13H,2-6,8,10-12H2,1H3,(H,19,21). The van der Waals surface area contributed by atoms with Gasteiger partial charge in [0.25, 0.3) is 11.8 Å². The van der Waals surface area contributed by atoms with Gasteiger partial charge in [0.05, 0.1) is 0 Å². The number of aromatic nitrogens is 1. The van der Waals surface area contributed by atoms with Crippen LogP contribution in [0.1, 0.15) is 53.0 Å². The van der Waals surface area contributed by atoms with E-state index in [4.69, 9.17) is 4.74 Å². The van der Waals surface area contributed by atoms with Crippen molar-refractivity contribution in [2.75, 3.05) is 33.4 Å². The van der Waals surface area contributed by atoms with Gasteiger partial charge in [-0.1, -0.05) is 12.8 Å². The van der Waals surface area contributed by atoms with Crippen molar-refractivity contribution in [2.24, 2.45) is 0 Å². The summed E-state index contributed by atoms with van der Waals surface area (Å²) in [5.74, 6) is -0.269. The highest BCUT2D eigenvalue weighted by molar-refractivity contribution is 5.98. The van der Waals surface area contributed by atoms with Crippen LogP contribution in [0.5, 0.6) is 0 Å². The fourth-order valence-electron chi connectivity index (χ4n) is 2.64. The molecule has 1 saturated heterocycles. The number of amides is 2. The molecule has 1 aliphatic heterocycles. The van der Waals surface area contributed by atoms with Crippen molar-refractivity contribution in [3.63, 3.8) is 0 Å². The molecule has 6 nitrogen and oxygen atoms in total. The first kappa shape index (κ1) is 17.4. The maximum atomic E-state index is 12.5. The maximum absolute atomic E-state index is 12.5. The zero-order valence-electron chi connectivity index (χ0n) is 13.7. The Morgan fingerprint density at radius 2 is 2.00 bits per heavy atom. The van der Waals surface area contributed by atoms with Crippen molar-refractivity contribution in [2.45, 2.75) is 32.1 Å². The molecular formula is C17H25N3O3. The fourth-order valence-corrected chi connectivity index (χ4v) is 2.64. The van der Waals surface area contributed by atoms with Gasteiger partial charge < -0.3 is 15.0 Å². The summed E-state index contributed by atoms with van der Waals surface area (Å²) in [6, 6.07) is 3.21. The smallest absolute Gasteiger partial charge is 0.272 e. The Morgan fingerprint density at radius 1 is 1.26 bits per heavy atom. The lowest BCUT2D eigenvalue weighted by Gasteiger charge is -2.19. The summed E-state index contributed by atoms with van der Waals surface area (Å²) in [7, 11) is 1.63. The number of ether oxygens (including phenoxy) is 1. The van der Waals surface area contributed by atoms with Gasteiger partial charge in [-0.3, -0.25) is 14.6 Å². The monoisotopic (exact) mass is 319 g/mol. The number of carbonyl (C=O) groups excluding carboxylic acids is 2. The number of pyridine rings is 1. The average Bonchev–Trinajstić information content (AvgIpc) is 2.87. The third kappa shape index (κ3) is 5.32. The Morgan fingerprint density at radius 3 is 2.70 bits per heavy atom. The average molecular weight is 319 g/mol. The molecule has 126 valence electrons. The lowest BCUT2D eigenvalue weighted by molar-refractivity contribution is 0.0755. The lowest BCUT2D eigenvalue weighted by atomic mass is 10.2. The summed E-state index contributed by atoms with van der Waals surface area (Å²) < 4.78 is 4.95. The van der Waals surface area contributed by atoms with E-state index >= 15 is 0 Å². The molecule has 2 heterocycles. The molecule has 0 aliphatic carbocycles. The zero-order valence-corrected chi connectivity index (χ0v) is 13.7. The second-order valence-electron chi connectivity index (χ2n) is 5.74. The van der Waals surface area contributed by atoms with Gasteiger partial charge in [-0.25, -0.2) is 0 Å². The fraction of sp³-hybridized carbons (Fsp3) is 0.588. The highest BCUT2D eigenvalue weighted by atomic mass is 16.5. The van der Waals surface area contributed by atoms with E-state index in [-0.39, 0.29) is 11.8 Å². The Labute approximate surface area is 137 Å². The van der Waals surface area contributed by atoms with Crippen LogP contribution in [0.4, 0.5) is 0 Å². The van der Waals surface area contributed by atoms with Crippen LogP contribution in [-0.4, -0.2) is 55.0 Å². The number of nitrogens with zero attached hydrogens (tertiary/aromatic N) is 2. The van der Waals surface area contributed by atoms with E-state index in [1.807, 2.05) is 4.90 Å². The third-order valence-corrected chi connectivity index (χ3v) is 3.95. The molecular weight excluding hydrogens is 294 g/mol. The molecule has 0 aromatic carbocycles. The Kier molecular flexibility index (Phi) is 7.00. The van der Waals surface area contributed by atoms with Crippen LogP contribution in [0, 0.1) is 0 Å². The highest BCUT2D eigenvalue weighted by Crippen LogP contribution is 2.13. The largest absolute Gasteiger partial charge is 0.385 e.